The van der Waals surface area contributed by atoms with Gasteiger partial charge in [0.1, 0.15) is 6.61 Å². The van der Waals surface area contributed by atoms with Gasteiger partial charge in [-0.3, -0.25) is 4.79 Å². The summed E-state index contributed by atoms with van der Waals surface area (Å²) in [6, 6.07) is 10.3. The lowest BCUT2D eigenvalue weighted by atomic mass is 9.98. The zero-order valence-corrected chi connectivity index (χ0v) is 20.0. The molecule has 180 valence electrons. The highest BCUT2D eigenvalue weighted by Crippen LogP contribution is 2.33. The van der Waals surface area contributed by atoms with Crippen LogP contribution in [-0.4, -0.2) is 56.5 Å². The van der Waals surface area contributed by atoms with E-state index < -0.39 is 5.91 Å². The second kappa shape index (κ2) is 11.9. The maximum atomic E-state index is 12.2. The lowest BCUT2D eigenvalue weighted by molar-refractivity contribution is 0.100. The molecule has 4 N–H and O–H groups in total. The molecule has 0 fully saturated rings. The van der Waals surface area contributed by atoms with Gasteiger partial charge in [0.25, 0.3) is 5.91 Å². The monoisotopic (exact) mass is 455 g/mol. The molecule has 1 unspecified atom stereocenters. The average Bonchev–Trinajstić information content (AvgIpc) is 3.18. The van der Waals surface area contributed by atoms with Crippen LogP contribution < -0.4 is 25.4 Å². The maximum Gasteiger partial charge on any atom is 0.250 e. The van der Waals surface area contributed by atoms with Crippen LogP contribution in [0.3, 0.4) is 0 Å². The summed E-state index contributed by atoms with van der Waals surface area (Å²) in [6.45, 7) is 9.67. The number of nitrogens with one attached hydrogen (secondary N) is 1. The number of aryl methyl sites for hydroxylation is 1. The molecular formula is C26H37N3O4. The number of anilines is 1. The quantitative estimate of drug-likeness (QED) is 0.402. The Labute approximate surface area is 196 Å². The standard InChI is InChI=1S/C26H37N3O4/c1-4-32-24-14-18(2)6-7-23(24)33-13-9-28-19(3)15-20-16-21-8-11-29(10-5-12-30)25(21)22(17-20)26(27)31/h6-7,14,16-17,19,28,30H,4-5,8-13,15H2,1-3H3,(H2,27,31). The first-order chi connectivity index (χ1) is 15.9. The number of fused-ring (bicyclic) bond motifs is 1. The average molecular weight is 456 g/mol. The van der Waals surface area contributed by atoms with E-state index in [-0.39, 0.29) is 12.6 Å². The summed E-state index contributed by atoms with van der Waals surface area (Å²) < 4.78 is 11.6. The summed E-state index contributed by atoms with van der Waals surface area (Å²) in [5.74, 6) is 1.13. The third-order valence-corrected chi connectivity index (χ3v) is 5.86. The highest BCUT2D eigenvalue weighted by Gasteiger charge is 2.25. The largest absolute Gasteiger partial charge is 0.490 e. The summed E-state index contributed by atoms with van der Waals surface area (Å²) in [6.07, 6.45) is 2.36. The van der Waals surface area contributed by atoms with E-state index in [0.29, 0.717) is 31.7 Å². The van der Waals surface area contributed by atoms with Crippen molar-refractivity contribution in [3.8, 4) is 11.5 Å². The molecule has 0 bridgehead atoms. The van der Waals surface area contributed by atoms with Crippen molar-refractivity contribution in [2.45, 2.75) is 46.1 Å². The number of ether oxygens (including phenoxy) is 2. The van der Waals surface area contributed by atoms with Gasteiger partial charge in [0.2, 0.25) is 0 Å². The minimum Gasteiger partial charge on any atom is -0.490 e. The fraction of sp³-hybridized carbons (Fsp3) is 0.500. The number of benzene rings is 2. The Balaban J connectivity index is 1.56. The van der Waals surface area contributed by atoms with Gasteiger partial charge in [0, 0.05) is 32.3 Å². The van der Waals surface area contributed by atoms with E-state index in [1.54, 1.807) is 0 Å². The van der Waals surface area contributed by atoms with Gasteiger partial charge in [-0.05, 0) is 74.9 Å². The molecule has 3 rings (SSSR count). The number of hydrogen-bond donors (Lipinski definition) is 3. The summed E-state index contributed by atoms with van der Waals surface area (Å²) in [5.41, 5.74) is 10.6. The van der Waals surface area contributed by atoms with Gasteiger partial charge >= 0.3 is 0 Å². The molecule has 0 spiro atoms. The first-order valence-electron chi connectivity index (χ1n) is 11.8. The second-order valence-electron chi connectivity index (χ2n) is 8.62. The van der Waals surface area contributed by atoms with Gasteiger partial charge in [-0.25, -0.2) is 0 Å². The number of hydrogen-bond acceptors (Lipinski definition) is 6. The first-order valence-corrected chi connectivity index (χ1v) is 11.8. The fourth-order valence-electron chi connectivity index (χ4n) is 4.38. The number of carbonyl (C=O) groups excluding carboxylic acids is 1. The molecule has 2 aromatic carbocycles. The van der Waals surface area contributed by atoms with Gasteiger partial charge in [-0.1, -0.05) is 12.1 Å². The summed E-state index contributed by atoms with van der Waals surface area (Å²) in [7, 11) is 0. The molecule has 1 amide bonds. The van der Waals surface area contributed by atoms with Gasteiger partial charge in [0.15, 0.2) is 11.5 Å². The zero-order chi connectivity index (χ0) is 23.8. The zero-order valence-electron chi connectivity index (χ0n) is 20.0. The molecule has 1 atom stereocenters. The predicted octanol–water partition coefficient (Wildman–Crippen LogP) is 2.84. The topological polar surface area (TPSA) is 97.1 Å². The van der Waals surface area contributed by atoms with E-state index in [1.807, 2.05) is 38.1 Å². The summed E-state index contributed by atoms with van der Waals surface area (Å²) >= 11 is 0. The van der Waals surface area contributed by atoms with E-state index in [9.17, 15) is 4.79 Å². The minimum absolute atomic E-state index is 0.138. The molecule has 2 aromatic rings. The van der Waals surface area contributed by atoms with Crippen molar-refractivity contribution < 1.29 is 19.4 Å². The van der Waals surface area contributed by atoms with E-state index >= 15 is 0 Å². The molecule has 7 heteroatoms. The Hall–Kier alpha value is -2.77. The molecule has 0 saturated carbocycles. The van der Waals surface area contributed by atoms with Crippen molar-refractivity contribution >= 4 is 11.6 Å². The molecule has 7 nitrogen and oxygen atoms in total. The number of primary amides is 1. The Bertz CT molecular complexity index is 947. The summed E-state index contributed by atoms with van der Waals surface area (Å²) in [5, 5.41) is 12.7. The van der Waals surface area contributed by atoms with Gasteiger partial charge in [-0.2, -0.15) is 0 Å². The van der Waals surface area contributed by atoms with Gasteiger partial charge < -0.3 is 30.5 Å². The number of nitrogens with zero attached hydrogens (tertiary/aromatic N) is 1. The molecule has 1 aliphatic rings. The highest BCUT2D eigenvalue weighted by molar-refractivity contribution is 6.00. The normalized spacial score (nSPS) is 13.6. The summed E-state index contributed by atoms with van der Waals surface area (Å²) in [4.78, 5) is 14.3. The van der Waals surface area contributed by atoms with Crippen LogP contribution in [0.1, 0.15) is 47.3 Å². The lowest BCUT2D eigenvalue weighted by Gasteiger charge is -2.22. The van der Waals surface area contributed by atoms with Gasteiger partial charge in [-0.15, -0.1) is 0 Å². The highest BCUT2D eigenvalue weighted by atomic mass is 16.5. The van der Waals surface area contributed by atoms with Gasteiger partial charge in [0.05, 0.1) is 17.9 Å². The van der Waals surface area contributed by atoms with E-state index in [0.717, 1.165) is 59.8 Å². The fourth-order valence-corrected chi connectivity index (χ4v) is 4.38. The third kappa shape index (κ3) is 6.62. The molecule has 0 radical (unpaired) electrons. The van der Waals surface area contributed by atoms with Crippen LogP contribution in [-0.2, 0) is 12.8 Å². The molecule has 1 aliphatic heterocycles. The molecular weight excluding hydrogens is 418 g/mol. The molecule has 33 heavy (non-hydrogen) atoms. The van der Waals surface area contributed by atoms with Crippen LogP contribution in [0, 0.1) is 6.92 Å². The Morgan fingerprint density at radius 2 is 2.06 bits per heavy atom. The number of aliphatic hydroxyl groups is 1. The van der Waals surface area contributed by atoms with Crippen LogP contribution >= 0.6 is 0 Å². The van der Waals surface area contributed by atoms with Crippen molar-refractivity contribution in [3.05, 3.63) is 52.6 Å². The Kier molecular flexibility index (Phi) is 8.97. The predicted molar refractivity (Wildman–Crippen MR) is 132 cm³/mol. The van der Waals surface area contributed by atoms with Crippen molar-refractivity contribution in [2.75, 3.05) is 44.4 Å². The van der Waals surface area contributed by atoms with Crippen LogP contribution in [0.4, 0.5) is 5.69 Å². The third-order valence-electron chi connectivity index (χ3n) is 5.86. The number of rotatable bonds is 13. The van der Waals surface area contributed by atoms with E-state index in [4.69, 9.17) is 20.3 Å². The Morgan fingerprint density at radius 3 is 2.79 bits per heavy atom. The number of amides is 1. The number of carbonyl (C=O) groups is 1. The van der Waals surface area contributed by atoms with Crippen molar-refractivity contribution in [2.24, 2.45) is 5.73 Å². The molecule has 0 aliphatic carbocycles. The number of nitrogens with two attached hydrogens (primary N) is 1. The smallest absolute Gasteiger partial charge is 0.250 e. The van der Waals surface area contributed by atoms with Crippen LogP contribution in [0.25, 0.3) is 0 Å². The van der Waals surface area contributed by atoms with Crippen LogP contribution in [0.15, 0.2) is 30.3 Å². The second-order valence-corrected chi connectivity index (χ2v) is 8.62. The van der Waals surface area contributed by atoms with Crippen LogP contribution in [0.5, 0.6) is 11.5 Å². The first kappa shape index (κ1) is 24.9. The number of aliphatic hydroxyl groups excluding tert-OH is 1. The molecule has 0 aromatic heterocycles. The molecule has 0 saturated heterocycles. The van der Waals surface area contributed by atoms with E-state index in [2.05, 4.69) is 23.2 Å². The van der Waals surface area contributed by atoms with Crippen LogP contribution in [0.2, 0.25) is 0 Å². The minimum atomic E-state index is -0.402. The maximum absolute atomic E-state index is 12.2. The van der Waals surface area contributed by atoms with Crippen molar-refractivity contribution in [1.82, 2.24) is 5.32 Å². The SMILES string of the molecule is CCOc1cc(C)ccc1OCCNC(C)Cc1cc2c(c(C(N)=O)c1)N(CCCO)CC2. The Morgan fingerprint density at radius 1 is 1.24 bits per heavy atom. The van der Waals surface area contributed by atoms with Crippen molar-refractivity contribution in [1.29, 1.82) is 0 Å². The molecule has 1 heterocycles. The van der Waals surface area contributed by atoms with E-state index in [1.165, 1.54) is 0 Å². The lowest BCUT2D eigenvalue weighted by Crippen LogP contribution is -2.32. The van der Waals surface area contributed by atoms with Crippen molar-refractivity contribution in [3.63, 3.8) is 0 Å².